The van der Waals surface area contributed by atoms with Crippen molar-refractivity contribution in [3.63, 3.8) is 0 Å². The number of ether oxygens (including phenoxy) is 2. The highest BCUT2D eigenvalue weighted by molar-refractivity contribution is 8.13. The molecule has 0 heterocycles. The lowest BCUT2D eigenvalue weighted by molar-refractivity contribution is -0.228. The van der Waals surface area contributed by atoms with Crippen LogP contribution in [0.1, 0.15) is 123 Å². The minimum atomic E-state index is -6.02. The summed E-state index contributed by atoms with van der Waals surface area (Å²) in [7, 11) is -11.7. The number of aliphatic hydroxyl groups excluding tert-OH is 1. The molecule has 14 atom stereocenters. The quantitative estimate of drug-likeness (QED) is 0.0227. The van der Waals surface area contributed by atoms with Gasteiger partial charge in [-0.1, -0.05) is 70.4 Å². The summed E-state index contributed by atoms with van der Waals surface area (Å²) >= 11 is 0.0466. The number of carbonyl (C=O) groups is 7. The molecule has 28 heteroatoms. The molecule has 458 valence electrons. The number of esters is 1. The Morgan fingerprint density at radius 3 is 2.32 bits per heavy atom. The first-order chi connectivity index (χ1) is 37.6. The lowest BCUT2D eigenvalue weighted by atomic mass is 9.44. The van der Waals surface area contributed by atoms with Gasteiger partial charge in [-0.05, 0) is 111 Å². The highest BCUT2D eigenvalue weighted by Gasteiger charge is 2.80. The molecule has 1 aromatic rings. The number of thioether (sulfide) groups is 1. The largest absolute Gasteiger partial charge is 0.481 e. The maximum atomic E-state index is 18.8. The number of nitrogens with two attached hydrogens (primary N) is 1. The number of Topliss-reactive ketones (excluding diaryl/α,β-unsaturated/α-hetero) is 2. The molecule has 0 radical (unpaired) electrons. The van der Waals surface area contributed by atoms with Crippen LogP contribution < -0.4 is 16.4 Å². The van der Waals surface area contributed by atoms with Crippen LogP contribution in [0, 0.1) is 46.3 Å². The number of nitrogens with one attached hydrogen (secondary N) is 2. The molecule has 5 aliphatic rings. The van der Waals surface area contributed by atoms with Crippen LogP contribution in [0.15, 0.2) is 48.1 Å². The average Bonchev–Trinajstić information content (AvgIpc) is 3.71. The normalized spacial score (nSPS) is 30.4. The number of amides is 3. The molecule has 1 aromatic carbocycles. The molecular formula is C54H76F3N3O17P2S3. The van der Waals surface area contributed by atoms with Crippen LogP contribution in [0.2, 0.25) is 0 Å². The van der Waals surface area contributed by atoms with E-state index in [1.807, 2.05) is 0 Å². The predicted molar refractivity (Wildman–Crippen MR) is 305 cm³/mol. The Morgan fingerprint density at radius 1 is 0.988 bits per heavy atom. The lowest BCUT2D eigenvalue weighted by Gasteiger charge is -2.63. The molecule has 0 saturated heterocycles. The second kappa shape index (κ2) is 29.5. The molecule has 5 aliphatic carbocycles. The molecule has 3 unspecified atom stereocenters. The minimum absolute atomic E-state index is 0. The van der Waals surface area contributed by atoms with Crippen molar-refractivity contribution in [2.24, 2.45) is 40.2 Å². The van der Waals surface area contributed by atoms with Crippen LogP contribution in [0.25, 0.3) is 0 Å². The second-order valence-electron chi connectivity index (χ2n) is 21.9. The Morgan fingerprint density at radius 2 is 1.67 bits per heavy atom. The lowest BCUT2D eigenvalue weighted by Crippen LogP contribution is -2.71. The highest BCUT2D eigenvalue weighted by atomic mass is 32.2. The standard InChI is InChI=1S/C54H72F3N3O17P2S.2H2S/c1-6-47(65)75-54(49(67)80-31-55)45(64)27-39-40-26-42(56)41-25-35(61)20-21-51(41,4)53(40,57)46(28-52(39,54)5)76-79(71,72)77-78(69,70)74-29-34-18-16-33(17-19-34)23-44(63)43(15-12-22-59-50(58)68)60-48(66)38(32(2)3)24-36(62)30-73-37-13-10-8-7-9-11-14-37;;/h16-21,25,32,37-40,42-43,45-46,64H,6-10,12-13,15,22-24,26-31H2,1-5H3,(H,60,66)(H,69,70)(H,71,72)(H3,58,59,68);2*1H2/t37?,38-,39-,40-,42-,43-,45+,46-,51-,52-,53-,54-;;/m0../s1. The molecule has 6 rings (SSSR count). The fourth-order valence-corrected chi connectivity index (χ4v) is 15.2. The first kappa shape index (κ1) is 70.7. The summed E-state index contributed by atoms with van der Waals surface area (Å²) in [5.74, 6) is -0.908. The summed E-state index contributed by atoms with van der Waals surface area (Å²) in [5.41, 5.74) is -4.33. The van der Waals surface area contributed by atoms with Crippen LogP contribution in [0.5, 0.6) is 0 Å². The van der Waals surface area contributed by atoms with E-state index in [4.69, 9.17) is 28.6 Å². The molecule has 3 amide bonds. The van der Waals surface area contributed by atoms with Gasteiger partial charge >= 0.3 is 27.6 Å². The van der Waals surface area contributed by atoms with Gasteiger partial charge in [-0.15, -0.1) is 5.92 Å². The number of hydrogen-bond donors (Lipinski definition) is 6. The number of alkyl halides is 3. The number of ketones is 3. The van der Waals surface area contributed by atoms with Gasteiger partial charge in [0.1, 0.15) is 37.1 Å². The van der Waals surface area contributed by atoms with Crippen LogP contribution in [0.3, 0.4) is 0 Å². The molecule has 20 nitrogen and oxygen atoms in total. The van der Waals surface area contributed by atoms with E-state index >= 15 is 8.78 Å². The van der Waals surface area contributed by atoms with Crippen molar-refractivity contribution >= 4 is 94.8 Å². The number of hydrogen-bond acceptors (Lipinski definition) is 16. The highest BCUT2D eigenvalue weighted by Crippen LogP contribution is 2.73. The molecule has 7 N–H and O–H groups in total. The van der Waals surface area contributed by atoms with Crippen LogP contribution in [0.4, 0.5) is 18.0 Å². The topological polar surface area (TPSA) is 311 Å². The molecule has 82 heavy (non-hydrogen) atoms. The zero-order chi connectivity index (χ0) is 59.0. The van der Waals surface area contributed by atoms with E-state index in [2.05, 4.69) is 22.5 Å². The molecule has 0 aromatic heterocycles. The number of halogens is 3. The van der Waals surface area contributed by atoms with Crippen molar-refractivity contribution < 1.29 is 93.6 Å². The van der Waals surface area contributed by atoms with Crippen molar-refractivity contribution in [2.75, 3.05) is 19.2 Å². The van der Waals surface area contributed by atoms with Crippen LogP contribution in [-0.2, 0) is 73.8 Å². The van der Waals surface area contributed by atoms with Crippen molar-refractivity contribution in [1.82, 2.24) is 10.6 Å². The van der Waals surface area contributed by atoms with Crippen molar-refractivity contribution in [3.05, 3.63) is 59.2 Å². The fraction of sp³-hybridized carbons (Fsp3) is 0.648. The zero-order valence-electron chi connectivity index (χ0n) is 46.3. The summed E-state index contributed by atoms with van der Waals surface area (Å²) in [6, 6.07) is 2.52. The van der Waals surface area contributed by atoms with E-state index in [0.29, 0.717) is 12.0 Å². The monoisotopic (exact) mass is 1250 g/mol. The van der Waals surface area contributed by atoms with Gasteiger partial charge in [0.25, 0.3) is 0 Å². The van der Waals surface area contributed by atoms with Gasteiger partial charge in [-0.25, -0.2) is 27.1 Å². The Kier molecular flexibility index (Phi) is 25.4. The number of benzene rings is 1. The Balaban J connectivity index is 0.00000722. The molecule has 3 fully saturated rings. The molecular weight excluding hydrogens is 1180 g/mol. The second-order valence-corrected chi connectivity index (χ2v) is 25.7. The van der Waals surface area contributed by atoms with E-state index in [-0.39, 0.29) is 113 Å². The third kappa shape index (κ3) is 16.0. The Hall–Kier alpha value is -3.83. The van der Waals surface area contributed by atoms with E-state index in [0.717, 1.165) is 43.9 Å². The van der Waals surface area contributed by atoms with Gasteiger partial charge in [-0.2, -0.15) is 31.3 Å². The number of carbonyl (C=O) groups excluding carboxylic acids is 7. The number of rotatable bonds is 26. The first-order valence-corrected chi connectivity index (χ1v) is 30.7. The number of allylic oxidation sites excluding steroid dienone is 4. The fourth-order valence-electron chi connectivity index (χ4n) is 12.2. The molecule has 0 bridgehead atoms. The SMILES string of the molecule is CCC(=O)O[C@]1(C(=O)SCF)[C@H](O)C[C@H]2[C@@H]3C[C@H](F)C4=CC(=O)C=C[C@]4(C)[C@@]3(F)[C@@H](OP(=O)(O)OP(=O)(O)OCc3ccc(CC(=O)[C@H](CCCNC(N)=O)NC(=O)[C@@H](CC(=O)COC4C#CCCCCC4)C(C)C)cc3)C[C@@]21C.S.S. The van der Waals surface area contributed by atoms with E-state index in [1.165, 1.54) is 45.0 Å². The third-order valence-electron chi connectivity index (χ3n) is 16.3. The van der Waals surface area contributed by atoms with Crippen LogP contribution >= 0.6 is 54.4 Å². The van der Waals surface area contributed by atoms with Crippen molar-refractivity contribution in [1.29, 1.82) is 0 Å². The number of fused-ring (bicyclic) bond motifs is 5. The number of phosphoric acid groups is 2. The number of aliphatic hydroxyl groups is 1. The first-order valence-electron chi connectivity index (χ1n) is 26.7. The number of urea groups is 1. The smallest absolute Gasteiger partial charge is 0.447 e. The van der Waals surface area contributed by atoms with Gasteiger partial charge in [-0.3, -0.25) is 37.8 Å². The maximum absolute atomic E-state index is 18.8. The maximum Gasteiger partial charge on any atom is 0.481 e. The van der Waals surface area contributed by atoms with E-state index < -0.39 is 146 Å². The van der Waals surface area contributed by atoms with Crippen LogP contribution in [-0.4, -0.2) is 116 Å². The number of phosphoric ester groups is 2. The van der Waals surface area contributed by atoms with Gasteiger partial charge in [0.2, 0.25) is 16.6 Å². The van der Waals surface area contributed by atoms with Crippen molar-refractivity contribution in [3.8, 4) is 11.8 Å². The van der Waals surface area contributed by atoms with Gasteiger partial charge in [0.15, 0.2) is 23.0 Å². The zero-order valence-corrected chi connectivity index (χ0v) is 50.9. The van der Waals surface area contributed by atoms with Gasteiger partial charge in [0.05, 0.1) is 12.6 Å². The molecule has 0 aliphatic heterocycles. The van der Waals surface area contributed by atoms with Gasteiger partial charge in [0, 0.05) is 54.9 Å². The van der Waals surface area contributed by atoms with Gasteiger partial charge < -0.3 is 40.7 Å². The Bertz CT molecular complexity index is 2750. The summed E-state index contributed by atoms with van der Waals surface area (Å²) in [4.78, 5) is 114. The third-order valence-corrected chi connectivity index (χ3v) is 19.6. The molecule has 3 saturated carbocycles. The van der Waals surface area contributed by atoms with E-state index in [1.54, 1.807) is 13.8 Å². The predicted octanol–water partition coefficient (Wildman–Crippen LogP) is 7.47. The minimum Gasteiger partial charge on any atom is -0.447 e. The van der Waals surface area contributed by atoms with Crippen molar-refractivity contribution in [2.45, 2.75) is 166 Å². The summed E-state index contributed by atoms with van der Waals surface area (Å²) in [6.07, 6.45) is -1.84. The average molecular weight is 1250 g/mol. The Labute approximate surface area is 493 Å². The van der Waals surface area contributed by atoms with E-state index in [9.17, 15) is 62.0 Å². The molecule has 0 spiro atoms. The number of primary amides is 1. The summed E-state index contributed by atoms with van der Waals surface area (Å²) in [5, 5.41) is 15.7. The summed E-state index contributed by atoms with van der Waals surface area (Å²) in [6.45, 7) is 6.53. The summed E-state index contributed by atoms with van der Waals surface area (Å²) < 4.78 is 103.